The molecule has 3 aliphatic rings. The summed E-state index contributed by atoms with van der Waals surface area (Å²) in [6.45, 7) is -4.00. The third-order valence-corrected chi connectivity index (χ3v) is 8.45. The summed E-state index contributed by atoms with van der Waals surface area (Å²) < 4.78 is 32.0. The van der Waals surface area contributed by atoms with E-state index in [4.69, 9.17) is 28.4 Å². The number of aliphatic hydroxyl groups is 12. The van der Waals surface area contributed by atoms with Crippen LogP contribution in [0.25, 0.3) is 0 Å². The van der Waals surface area contributed by atoms with Crippen molar-refractivity contribution in [1.82, 2.24) is 15.5 Å². The van der Waals surface area contributed by atoms with Gasteiger partial charge in [-0.25, -0.2) is 0 Å². The van der Waals surface area contributed by atoms with Crippen LogP contribution in [0.2, 0.25) is 0 Å². The first-order valence-corrected chi connectivity index (χ1v) is 16.3. The van der Waals surface area contributed by atoms with E-state index >= 15 is 0 Å². The molecule has 2 amide bonds. The largest absolute Gasteiger partial charge is 0.394 e. The van der Waals surface area contributed by atoms with Crippen molar-refractivity contribution in [1.29, 1.82) is 0 Å². The monoisotopic (exact) mass is 749 g/mol. The van der Waals surface area contributed by atoms with Crippen LogP contribution in [0.4, 0.5) is 0 Å². The lowest BCUT2D eigenvalue weighted by molar-refractivity contribution is -0.303. The highest BCUT2D eigenvalue weighted by molar-refractivity contribution is 5.81. The summed E-state index contributed by atoms with van der Waals surface area (Å²) in [5.41, 5.74) is 0. The Morgan fingerprint density at radius 3 is 1.27 bits per heavy atom. The molecule has 0 aromatic heterocycles. The van der Waals surface area contributed by atoms with Crippen molar-refractivity contribution in [3.05, 3.63) is 0 Å². The number of hydrogen-bond acceptors (Lipinski definition) is 21. The maximum atomic E-state index is 13.1. The lowest BCUT2D eigenvalue weighted by Crippen LogP contribution is -2.59. The van der Waals surface area contributed by atoms with Crippen LogP contribution in [-0.4, -0.2) is 242 Å². The fourth-order valence-electron chi connectivity index (χ4n) is 5.36. The molecule has 0 aliphatic carbocycles. The molecule has 0 saturated carbocycles. The predicted molar refractivity (Wildman–Crippen MR) is 162 cm³/mol. The first-order chi connectivity index (χ1) is 24.2. The van der Waals surface area contributed by atoms with Gasteiger partial charge in [0.15, 0.2) is 18.9 Å². The van der Waals surface area contributed by atoms with Gasteiger partial charge in [-0.2, -0.15) is 0 Å². The topological polar surface area (TPSA) is 360 Å². The highest BCUT2D eigenvalue weighted by Crippen LogP contribution is 2.24. The second-order valence-corrected chi connectivity index (χ2v) is 12.0. The summed E-state index contributed by atoms with van der Waals surface area (Å²) in [6.07, 6.45) is -22.7. The van der Waals surface area contributed by atoms with E-state index < -0.39 is 130 Å². The van der Waals surface area contributed by atoms with Crippen molar-refractivity contribution >= 4 is 11.8 Å². The number of rotatable bonds is 19. The van der Waals surface area contributed by atoms with Crippen molar-refractivity contribution in [2.24, 2.45) is 0 Å². The number of aliphatic hydroxyl groups excluding tert-OH is 12. The molecule has 0 bridgehead atoms. The molecule has 3 fully saturated rings. The smallest absolute Gasteiger partial charge is 0.236 e. The molecule has 51 heavy (non-hydrogen) atoms. The molecule has 3 saturated heterocycles. The average molecular weight is 750 g/mol. The number of nitrogens with zero attached hydrogens (tertiary/aromatic N) is 1. The van der Waals surface area contributed by atoms with E-state index in [0.717, 1.165) is 0 Å². The first-order valence-electron chi connectivity index (χ1n) is 16.3. The minimum absolute atomic E-state index is 0.0831. The molecule has 298 valence electrons. The second kappa shape index (κ2) is 21.2. The average Bonchev–Trinajstić information content (AvgIpc) is 3.12. The lowest BCUT2D eigenvalue weighted by atomic mass is 9.99. The minimum atomic E-state index is -1.69. The molecular weight excluding hydrogens is 698 g/mol. The van der Waals surface area contributed by atoms with Gasteiger partial charge in [-0.05, 0) is 0 Å². The Hall–Kier alpha value is -1.82. The van der Waals surface area contributed by atoms with Gasteiger partial charge in [0.05, 0.1) is 52.7 Å². The summed E-state index contributed by atoms with van der Waals surface area (Å²) in [5.74, 6) is -1.16. The molecule has 23 heteroatoms. The zero-order valence-electron chi connectivity index (χ0n) is 27.5. The van der Waals surface area contributed by atoms with Crippen molar-refractivity contribution in [3.63, 3.8) is 0 Å². The van der Waals surface area contributed by atoms with Crippen molar-refractivity contribution in [2.45, 2.75) is 92.1 Å². The predicted octanol–water partition coefficient (Wildman–Crippen LogP) is -10.0. The van der Waals surface area contributed by atoms with Crippen LogP contribution < -0.4 is 10.6 Å². The van der Waals surface area contributed by atoms with Gasteiger partial charge in [-0.3, -0.25) is 14.9 Å². The Bertz CT molecular complexity index is 1000. The Balaban J connectivity index is 1.48. The Morgan fingerprint density at radius 2 is 0.902 bits per heavy atom. The Morgan fingerprint density at radius 1 is 0.529 bits per heavy atom. The number of carbonyl (C=O) groups excluding carboxylic acids is 2. The van der Waals surface area contributed by atoms with Crippen LogP contribution in [0.5, 0.6) is 0 Å². The number of carbonyl (C=O) groups is 2. The van der Waals surface area contributed by atoms with Gasteiger partial charge in [0, 0.05) is 19.6 Å². The van der Waals surface area contributed by atoms with E-state index in [1.54, 1.807) is 0 Å². The van der Waals surface area contributed by atoms with E-state index in [1.165, 1.54) is 4.90 Å². The lowest BCUT2D eigenvalue weighted by Gasteiger charge is -2.40. The highest BCUT2D eigenvalue weighted by Gasteiger charge is 2.46. The molecule has 0 aromatic rings. The Labute approximate surface area is 291 Å². The van der Waals surface area contributed by atoms with E-state index in [9.17, 15) is 70.9 Å². The van der Waals surface area contributed by atoms with E-state index in [1.807, 2.05) is 0 Å². The molecule has 3 heterocycles. The van der Waals surface area contributed by atoms with Crippen molar-refractivity contribution in [2.75, 3.05) is 72.4 Å². The van der Waals surface area contributed by atoms with Gasteiger partial charge in [0.25, 0.3) is 0 Å². The quantitative estimate of drug-likeness (QED) is 0.0545. The van der Waals surface area contributed by atoms with Gasteiger partial charge < -0.3 is 99.9 Å². The molecule has 0 spiro atoms. The zero-order valence-corrected chi connectivity index (χ0v) is 27.5. The van der Waals surface area contributed by atoms with Gasteiger partial charge >= 0.3 is 0 Å². The first kappa shape index (κ1) is 43.6. The molecule has 0 radical (unpaired) electrons. The molecule has 23 nitrogen and oxygen atoms in total. The van der Waals surface area contributed by atoms with E-state index in [-0.39, 0.29) is 46.0 Å². The number of nitrogens with one attached hydrogen (secondary N) is 2. The van der Waals surface area contributed by atoms with Gasteiger partial charge in [-0.1, -0.05) is 0 Å². The van der Waals surface area contributed by atoms with Crippen LogP contribution in [0.15, 0.2) is 0 Å². The molecule has 15 atom stereocenters. The zero-order chi connectivity index (χ0) is 37.8. The van der Waals surface area contributed by atoms with Crippen LogP contribution in [0.1, 0.15) is 0 Å². The minimum Gasteiger partial charge on any atom is -0.394 e. The number of hydrogen-bond donors (Lipinski definition) is 14. The SMILES string of the molecule is O=C(CNCC(=O)N(CCO[C@H]1O[C@H](CO)[C@@H](O)[C@H](O)[C@@H]1O)CCO[C@H]1O[C@H](CO)[C@@H](O)[C@H](O)[C@@H]1O)NCCO[C@@H]1O[C@H](CO)[C@@H](O)[C@H](O)[C@H]1O. The van der Waals surface area contributed by atoms with Gasteiger partial charge in [-0.15, -0.1) is 0 Å². The molecule has 0 aromatic carbocycles. The van der Waals surface area contributed by atoms with Crippen LogP contribution in [-0.2, 0) is 38.0 Å². The third-order valence-electron chi connectivity index (χ3n) is 8.45. The fourth-order valence-corrected chi connectivity index (χ4v) is 5.36. The van der Waals surface area contributed by atoms with E-state index in [0.29, 0.717) is 0 Å². The molecule has 3 rings (SSSR count). The summed E-state index contributed by atoms with van der Waals surface area (Å²) in [4.78, 5) is 26.6. The Kier molecular flexibility index (Phi) is 18.1. The second-order valence-electron chi connectivity index (χ2n) is 12.0. The van der Waals surface area contributed by atoms with E-state index in [2.05, 4.69) is 10.6 Å². The number of ether oxygens (including phenoxy) is 6. The number of amides is 2. The highest BCUT2D eigenvalue weighted by atomic mass is 16.7. The van der Waals surface area contributed by atoms with Gasteiger partial charge in [0.2, 0.25) is 11.8 Å². The normalized spacial score (nSPS) is 38.7. The third kappa shape index (κ3) is 11.8. The summed E-state index contributed by atoms with van der Waals surface area (Å²) in [6, 6.07) is 0. The van der Waals surface area contributed by atoms with Crippen molar-refractivity contribution in [3.8, 4) is 0 Å². The standard InChI is InChI=1S/C28H51N3O20/c32-9-12-17(37)20(40)23(43)26(49-12)46-4-1-30-15(35)7-29-8-16(36)31(2-5-47-27-24(44)21(41)18(38)13(10-33)50-27)3-6-48-28-25(45)22(42)19(39)14(11-34)51-28/h12-14,17-29,32-34,37-45H,1-11H2,(H,30,35)/t12-,13-,14-,17-,18-,19-,20+,21+,22+,23-,24+,25+,26-,27+,28+/m1/s1. The summed E-state index contributed by atoms with van der Waals surface area (Å²) >= 11 is 0. The molecular formula is C28H51N3O20. The van der Waals surface area contributed by atoms with Crippen LogP contribution in [0, 0.1) is 0 Å². The van der Waals surface area contributed by atoms with Gasteiger partial charge in [0.1, 0.15) is 73.2 Å². The maximum Gasteiger partial charge on any atom is 0.236 e. The van der Waals surface area contributed by atoms with Crippen molar-refractivity contribution < 1.29 is 99.3 Å². The van der Waals surface area contributed by atoms with Crippen LogP contribution >= 0.6 is 0 Å². The maximum absolute atomic E-state index is 13.1. The molecule has 0 unspecified atom stereocenters. The fraction of sp³-hybridized carbons (Fsp3) is 0.929. The molecule has 14 N–H and O–H groups in total. The molecule has 3 aliphatic heterocycles. The van der Waals surface area contributed by atoms with Crippen LogP contribution in [0.3, 0.4) is 0 Å². The summed E-state index contributed by atoms with van der Waals surface area (Å²) in [5, 5.41) is 123. The summed E-state index contributed by atoms with van der Waals surface area (Å²) in [7, 11) is 0.